The molecule has 0 spiro atoms. The Morgan fingerprint density at radius 1 is 1.07 bits per heavy atom. The molecule has 0 bridgehead atoms. The fourth-order valence-electron chi connectivity index (χ4n) is 3.17. The number of halogens is 1. The van der Waals surface area contributed by atoms with E-state index in [1.165, 1.54) is 41.5 Å². The van der Waals surface area contributed by atoms with Gasteiger partial charge in [0.05, 0.1) is 24.1 Å². The molecule has 2 aromatic carbocycles. The van der Waals surface area contributed by atoms with Crippen LogP contribution >= 0.6 is 0 Å². The van der Waals surface area contributed by atoms with E-state index in [0.717, 1.165) is 0 Å². The Labute approximate surface area is 165 Å². The van der Waals surface area contributed by atoms with Crippen LogP contribution in [-0.2, 0) is 9.59 Å². The second kappa shape index (κ2) is 7.59. The van der Waals surface area contributed by atoms with Crippen LogP contribution in [0.15, 0.2) is 71.3 Å². The molecule has 2 N–H and O–H groups in total. The zero-order valence-electron chi connectivity index (χ0n) is 15.1. The molecule has 2 heterocycles. The first-order valence-electron chi connectivity index (χ1n) is 8.85. The minimum atomic E-state index is -1.08. The van der Waals surface area contributed by atoms with Crippen LogP contribution in [-0.4, -0.2) is 23.8 Å². The SMILES string of the molecule is O=C(C[C@H]1C(=O)Nc2ccccc2N1C(=O)c1ccco1)Nc1ccc(F)cc1. The molecule has 1 atom stereocenters. The van der Waals surface area contributed by atoms with Crippen molar-refractivity contribution in [1.82, 2.24) is 0 Å². The molecule has 3 aromatic rings. The van der Waals surface area contributed by atoms with Crippen molar-refractivity contribution in [3.8, 4) is 0 Å². The maximum absolute atomic E-state index is 13.0. The van der Waals surface area contributed by atoms with Crippen molar-refractivity contribution in [2.45, 2.75) is 12.5 Å². The Kier molecular flexibility index (Phi) is 4.82. The highest BCUT2D eigenvalue weighted by Gasteiger charge is 2.39. The van der Waals surface area contributed by atoms with Gasteiger partial charge >= 0.3 is 0 Å². The highest BCUT2D eigenvalue weighted by Crippen LogP contribution is 2.34. The Morgan fingerprint density at radius 3 is 2.55 bits per heavy atom. The van der Waals surface area contributed by atoms with Crippen LogP contribution < -0.4 is 15.5 Å². The molecule has 0 radical (unpaired) electrons. The normalized spacial score (nSPS) is 15.4. The maximum Gasteiger partial charge on any atom is 0.294 e. The summed E-state index contributed by atoms with van der Waals surface area (Å²) in [5.41, 5.74) is 1.32. The molecular formula is C21H16FN3O4. The Bertz CT molecular complexity index is 1060. The van der Waals surface area contributed by atoms with Crippen molar-refractivity contribution in [2.75, 3.05) is 15.5 Å². The lowest BCUT2D eigenvalue weighted by atomic mass is 10.0. The van der Waals surface area contributed by atoms with Gasteiger partial charge in [-0.3, -0.25) is 19.3 Å². The van der Waals surface area contributed by atoms with Gasteiger partial charge in [0.1, 0.15) is 11.9 Å². The van der Waals surface area contributed by atoms with E-state index >= 15 is 0 Å². The average Bonchev–Trinajstić information content (AvgIpc) is 3.25. The third-order valence-corrected chi connectivity index (χ3v) is 4.49. The molecule has 0 fully saturated rings. The number of fused-ring (bicyclic) bond motifs is 1. The smallest absolute Gasteiger partial charge is 0.294 e. The third kappa shape index (κ3) is 3.73. The molecule has 0 aliphatic carbocycles. The summed E-state index contributed by atoms with van der Waals surface area (Å²) >= 11 is 0. The van der Waals surface area contributed by atoms with E-state index < -0.39 is 29.6 Å². The van der Waals surface area contributed by atoms with Crippen LogP contribution in [0.2, 0.25) is 0 Å². The summed E-state index contributed by atoms with van der Waals surface area (Å²) in [6, 6.07) is 14.0. The minimum Gasteiger partial charge on any atom is -0.459 e. The topological polar surface area (TPSA) is 91.7 Å². The molecular weight excluding hydrogens is 377 g/mol. The van der Waals surface area contributed by atoms with Crippen molar-refractivity contribution in [3.05, 3.63) is 78.5 Å². The molecule has 1 aromatic heterocycles. The second-order valence-electron chi connectivity index (χ2n) is 6.43. The van der Waals surface area contributed by atoms with Crippen LogP contribution in [0, 0.1) is 5.82 Å². The summed E-state index contributed by atoms with van der Waals surface area (Å²) in [4.78, 5) is 39.5. The number of furan rings is 1. The predicted molar refractivity (Wildman–Crippen MR) is 104 cm³/mol. The molecule has 146 valence electrons. The van der Waals surface area contributed by atoms with Crippen molar-refractivity contribution >= 4 is 34.8 Å². The monoisotopic (exact) mass is 393 g/mol. The average molecular weight is 393 g/mol. The number of carbonyl (C=O) groups excluding carboxylic acids is 3. The Hall–Kier alpha value is -3.94. The van der Waals surface area contributed by atoms with Crippen molar-refractivity contribution in [3.63, 3.8) is 0 Å². The van der Waals surface area contributed by atoms with Crippen molar-refractivity contribution in [1.29, 1.82) is 0 Å². The predicted octanol–water partition coefficient (Wildman–Crippen LogP) is 3.42. The maximum atomic E-state index is 13.0. The number of nitrogens with zero attached hydrogens (tertiary/aromatic N) is 1. The van der Waals surface area contributed by atoms with E-state index in [-0.39, 0.29) is 12.2 Å². The number of benzene rings is 2. The molecule has 1 aliphatic rings. The van der Waals surface area contributed by atoms with E-state index in [2.05, 4.69) is 10.6 Å². The molecule has 3 amide bonds. The quantitative estimate of drug-likeness (QED) is 0.711. The fourth-order valence-corrected chi connectivity index (χ4v) is 3.17. The lowest BCUT2D eigenvalue weighted by molar-refractivity contribution is -0.122. The lowest BCUT2D eigenvalue weighted by Crippen LogP contribution is -2.52. The minimum absolute atomic E-state index is 0.0541. The van der Waals surface area contributed by atoms with Gasteiger partial charge in [0.25, 0.3) is 5.91 Å². The first-order chi connectivity index (χ1) is 14.0. The summed E-state index contributed by atoms with van der Waals surface area (Å²) in [6.07, 6.45) is 1.07. The van der Waals surface area contributed by atoms with E-state index in [1.807, 2.05) is 0 Å². The van der Waals surface area contributed by atoms with Gasteiger partial charge < -0.3 is 15.1 Å². The molecule has 4 rings (SSSR count). The van der Waals surface area contributed by atoms with Gasteiger partial charge in [-0.1, -0.05) is 12.1 Å². The lowest BCUT2D eigenvalue weighted by Gasteiger charge is -2.35. The number of amides is 3. The van der Waals surface area contributed by atoms with Gasteiger partial charge in [-0.25, -0.2) is 4.39 Å². The first-order valence-corrected chi connectivity index (χ1v) is 8.85. The zero-order chi connectivity index (χ0) is 20.4. The molecule has 8 heteroatoms. The molecule has 7 nitrogen and oxygen atoms in total. The first kappa shape index (κ1) is 18.4. The van der Waals surface area contributed by atoms with Gasteiger partial charge in [0, 0.05) is 5.69 Å². The molecule has 29 heavy (non-hydrogen) atoms. The number of nitrogens with one attached hydrogen (secondary N) is 2. The number of carbonyl (C=O) groups is 3. The van der Waals surface area contributed by atoms with E-state index in [1.54, 1.807) is 30.3 Å². The highest BCUT2D eigenvalue weighted by atomic mass is 19.1. The van der Waals surface area contributed by atoms with Gasteiger partial charge in [0.2, 0.25) is 11.8 Å². The largest absolute Gasteiger partial charge is 0.459 e. The number of hydrogen-bond acceptors (Lipinski definition) is 4. The van der Waals surface area contributed by atoms with Crippen molar-refractivity contribution < 1.29 is 23.2 Å². The van der Waals surface area contributed by atoms with E-state index in [0.29, 0.717) is 17.1 Å². The molecule has 0 saturated carbocycles. The van der Waals surface area contributed by atoms with Crippen LogP contribution in [0.4, 0.5) is 21.5 Å². The standard InChI is InChI=1S/C21H16FN3O4/c22-13-7-9-14(10-8-13)23-19(26)12-17-20(27)24-15-4-1-2-5-16(15)25(17)21(28)18-6-3-11-29-18/h1-11,17H,12H2,(H,23,26)(H,24,27)/t17-/m0/s1. The summed E-state index contributed by atoms with van der Waals surface area (Å²) in [7, 11) is 0. The van der Waals surface area contributed by atoms with Gasteiger partial charge in [-0.2, -0.15) is 0 Å². The van der Waals surface area contributed by atoms with Crippen LogP contribution in [0.1, 0.15) is 17.0 Å². The molecule has 1 aliphatic heterocycles. The molecule has 0 saturated heterocycles. The van der Waals surface area contributed by atoms with Crippen LogP contribution in [0.25, 0.3) is 0 Å². The van der Waals surface area contributed by atoms with Crippen molar-refractivity contribution in [2.24, 2.45) is 0 Å². The highest BCUT2D eigenvalue weighted by molar-refractivity contribution is 6.17. The third-order valence-electron chi connectivity index (χ3n) is 4.49. The Balaban J connectivity index is 1.62. The number of hydrogen-bond donors (Lipinski definition) is 2. The molecule has 0 unspecified atom stereocenters. The van der Waals surface area contributed by atoms with Gasteiger partial charge in [0.15, 0.2) is 5.76 Å². The van der Waals surface area contributed by atoms with Crippen LogP contribution in [0.3, 0.4) is 0 Å². The fraction of sp³-hybridized carbons (Fsp3) is 0.0952. The van der Waals surface area contributed by atoms with Crippen LogP contribution in [0.5, 0.6) is 0 Å². The summed E-state index contributed by atoms with van der Waals surface area (Å²) in [6.45, 7) is 0. The number of anilines is 3. The second-order valence-corrected chi connectivity index (χ2v) is 6.43. The summed E-state index contributed by atoms with van der Waals surface area (Å²) < 4.78 is 18.2. The Morgan fingerprint density at radius 2 is 1.83 bits per heavy atom. The summed E-state index contributed by atoms with van der Waals surface area (Å²) in [5, 5.41) is 5.33. The summed E-state index contributed by atoms with van der Waals surface area (Å²) in [5.74, 6) is -1.89. The zero-order valence-corrected chi connectivity index (χ0v) is 15.1. The van der Waals surface area contributed by atoms with E-state index in [4.69, 9.17) is 4.42 Å². The van der Waals surface area contributed by atoms with E-state index in [9.17, 15) is 18.8 Å². The van der Waals surface area contributed by atoms with Gasteiger partial charge in [-0.15, -0.1) is 0 Å². The number of para-hydroxylation sites is 2. The van der Waals surface area contributed by atoms with Gasteiger partial charge in [-0.05, 0) is 48.5 Å². The number of rotatable bonds is 4.